The molecule has 0 radical (unpaired) electrons. The van der Waals surface area contributed by atoms with E-state index in [4.69, 9.17) is 9.47 Å². The Balaban J connectivity index is 2.07. The summed E-state index contributed by atoms with van der Waals surface area (Å²) >= 11 is 0. The molecule has 0 bridgehead atoms. The number of rotatable bonds is 4. The van der Waals surface area contributed by atoms with Gasteiger partial charge in [0, 0.05) is 6.20 Å². The predicted molar refractivity (Wildman–Crippen MR) is 85.9 cm³/mol. The summed E-state index contributed by atoms with van der Waals surface area (Å²) in [5, 5.41) is 0. The quantitative estimate of drug-likeness (QED) is 0.801. The zero-order valence-corrected chi connectivity index (χ0v) is 12.7. The minimum absolute atomic E-state index is 0.0196. The van der Waals surface area contributed by atoms with Crippen molar-refractivity contribution < 1.29 is 9.47 Å². The van der Waals surface area contributed by atoms with Gasteiger partial charge in [-0.3, -0.25) is 9.78 Å². The molecule has 3 rings (SSSR count). The molecule has 1 N–H and O–H groups in total. The van der Waals surface area contributed by atoms with E-state index in [9.17, 15) is 4.79 Å². The average Bonchev–Trinajstić information content (AvgIpc) is 2.55. The lowest BCUT2D eigenvalue weighted by Gasteiger charge is -2.10. The Morgan fingerprint density at radius 1 is 1.13 bits per heavy atom. The molecule has 0 spiro atoms. The van der Waals surface area contributed by atoms with Gasteiger partial charge in [-0.05, 0) is 36.8 Å². The fourth-order valence-electron chi connectivity index (χ4n) is 2.11. The number of aryl methyl sites for hydroxylation is 1. The Hall–Kier alpha value is -3.15. The van der Waals surface area contributed by atoms with Crippen molar-refractivity contribution in [3.05, 3.63) is 64.6 Å². The van der Waals surface area contributed by atoms with E-state index >= 15 is 0 Å². The van der Waals surface area contributed by atoms with E-state index in [1.807, 2.05) is 31.2 Å². The number of hydrogen-bond donors (Lipinski definition) is 1. The van der Waals surface area contributed by atoms with Crippen LogP contribution < -0.4 is 15.0 Å². The fourth-order valence-corrected chi connectivity index (χ4v) is 2.11. The third kappa shape index (κ3) is 3.21. The van der Waals surface area contributed by atoms with Crippen molar-refractivity contribution in [3.63, 3.8) is 0 Å². The summed E-state index contributed by atoms with van der Waals surface area (Å²) in [5.41, 5.74) is 1.16. The summed E-state index contributed by atoms with van der Waals surface area (Å²) in [6.07, 6.45) is 1.63. The number of aromatic amines is 1. The summed E-state index contributed by atoms with van der Waals surface area (Å²) in [7, 11) is 1.40. The topological polar surface area (TPSA) is 77.1 Å². The molecule has 0 saturated heterocycles. The van der Waals surface area contributed by atoms with Crippen LogP contribution in [0.15, 0.2) is 53.5 Å². The number of benzene rings is 1. The molecule has 0 saturated carbocycles. The third-order valence-electron chi connectivity index (χ3n) is 3.16. The molecule has 6 heteroatoms. The maximum Gasteiger partial charge on any atom is 0.297 e. The van der Waals surface area contributed by atoms with E-state index in [2.05, 4.69) is 15.0 Å². The fraction of sp³-hybridized carbons (Fsp3) is 0.118. The highest BCUT2D eigenvalue weighted by Gasteiger charge is 2.16. The standard InChI is InChI=1S/C17H15N3O3/c1-11-6-5-7-12(10-11)23-17-14(22-2)16(21)19-15(20-17)13-8-3-4-9-18-13/h3-10H,1-2H3,(H,19,20,21). The Morgan fingerprint density at radius 3 is 2.70 bits per heavy atom. The largest absolute Gasteiger partial charge is 0.487 e. The van der Waals surface area contributed by atoms with E-state index in [0.29, 0.717) is 17.3 Å². The number of nitrogens with zero attached hydrogens (tertiary/aromatic N) is 2. The van der Waals surface area contributed by atoms with E-state index in [0.717, 1.165) is 5.56 Å². The van der Waals surface area contributed by atoms with Crippen LogP contribution in [0.4, 0.5) is 0 Å². The zero-order valence-electron chi connectivity index (χ0n) is 12.7. The van der Waals surface area contributed by atoms with Crippen molar-refractivity contribution in [1.29, 1.82) is 0 Å². The summed E-state index contributed by atoms with van der Waals surface area (Å²) in [4.78, 5) is 23.4. The number of pyridine rings is 1. The van der Waals surface area contributed by atoms with Gasteiger partial charge in [0.1, 0.15) is 11.4 Å². The number of methoxy groups -OCH3 is 1. The van der Waals surface area contributed by atoms with Crippen LogP contribution in [-0.2, 0) is 0 Å². The summed E-state index contributed by atoms with van der Waals surface area (Å²) in [5.74, 6) is 1.01. The molecule has 2 heterocycles. The molecule has 0 fully saturated rings. The van der Waals surface area contributed by atoms with Crippen molar-refractivity contribution in [2.75, 3.05) is 7.11 Å². The molecule has 2 aromatic heterocycles. The second kappa shape index (κ2) is 6.31. The van der Waals surface area contributed by atoms with Gasteiger partial charge in [0.05, 0.1) is 7.11 Å². The molecule has 0 aliphatic carbocycles. The summed E-state index contributed by atoms with van der Waals surface area (Å²) < 4.78 is 10.9. The molecule has 0 aliphatic rings. The lowest BCUT2D eigenvalue weighted by atomic mass is 10.2. The SMILES string of the molecule is COc1c(Oc2cccc(C)c2)nc(-c2ccccn2)[nH]c1=O. The highest BCUT2D eigenvalue weighted by molar-refractivity contribution is 5.51. The van der Waals surface area contributed by atoms with Crippen molar-refractivity contribution in [2.24, 2.45) is 0 Å². The van der Waals surface area contributed by atoms with E-state index in [1.54, 1.807) is 24.4 Å². The van der Waals surface area contributed by atoms with Crippen molar-refractivity contribution in [2.45, 2.75) is 6.92 Å². The molecule has 23 heavy (non-hydrogen) atoms. The van der Waals surface area contributed by atoms with Crippen molar-refractivity contribution in [3.8, 4) is 28.9 Å². The van der Waals surface area contributed by atoms with Gasteiger partial charge in [0.25, 0.3) is 11.4 Å². The molecular weight excluding hydrogens is 294 g/mol. The lowest BCUT2D eigenvalue weighted by Crippen LogP contribution is -2.13. The molecular formula is C17H15N3O3. The van der Waals surface area contributed by atoms with Crippen LogP contribution in [0.25, 0.3) is 11.5 Å². The van der Waals surface area contributed by atoms with Crippen molar-refractivity contribution in [1.82, 2.24) is 15.0 Å². The van der Waals surface area contributed by atoms with Gasteiger partial charge < -0.3 is 14.5 Å². The number of ether oxygens (including phenoxy) is 2. The van der Waals surface area contributed by atoms with Crippen LogP contribution in [0.1, 0.15) is 5.56 Å². The second-order valence-electron chi connectivity index (χ2n) is 4.89. The van der Waals surface area contributed by atoms with Gasteiger partial charge >= 0.3 is 0 Å². The first kappa shape index (κ1) is 14.8. The van der Waals surface area contributed by atoms with Gasteiger partial charge in [-0.25, -0.2) is 0 Å². The van der Waals surface area contributed by atoms with Crippen molar-refractivity contribution >= 4 is 0 Å². The molecule has 0 unspecified atom stereocenters. The zero-order chi connectivity index (χ0) is 16.2. The number of nitrogens with one attached hydrogen (secondary N) is 1. The normalized spacial score (nSPS) is 10.3. The summed E-state index contributed by atoms with van der Waals surface area (Å²) in [6.45, 7) is 1.95. The highest BCUT2D eigenvalue weighted by atomic mass is 16.5. The number of H-pyrrole nitrogens is 1. The first-order valence-corrected chi connectivity index (χ1v) is 7.01. The Bertz CT molecular complexity index is 876. The average molecular weight is 309 g/mol. The molecule has 0 amide bonds. The smallest absolute Gasteiger partial charge is 0.297 e. The van der Waals surface area contributed by atoms with Crippen LogP contribution in [0.5, 0.6) is 17.4 Å². The van der Waals surface area contributed by atoms with E-state index in [1.165, 1.54) is 7.11 Å². The third-order valence-corrected chi connectivity index (χ3v) is 3.16. The first-order chi connectivity index (χ1) is 11.2. The van der Waals surface area contributed by atoms with E-state index < -0.39 is 5.56 Å². The molecule has 116 valence electrons. The highest BCUT2D eigenvalue weighted by Crippen LogP contribution is 2.28. The Labute approximate surface area is 132 Å². The summed E-state index contributed by atoms with van der Waals surface area (Å²) in [6, 6.07) is 12.8. The number of aromatic nitrogens is 3. The van der Waals surface area contributed by atoms with Crippen LogP contribution in [-0.4, -0.2) is 22.1 Å². The predicted octanol–water partition coefficient (Wildman–Crippen LogP) is 2.94. The van der Waals surface area contributed by atoms with Gasteiger partial charge in [-0.1, -0.05) is 18.2 Å². The maximum absolute atomic E-state index is 12.2. The molecule has 0 aliphatic heterocycles. The lowest BCUT2D eigenvalue weighted by molar-refractivity contribution is 0.363. The molecule has 3 aromatic rings. The molecule has 6 nitrogen and oxygen atoms in total. The first-order valence-electron chi connectivity index (χ1n) is 7.01. The van der Waals surface area contributed by atoms with Crippen LogP contribution in [0.3, 0.4) is 0 Å². The Kier molecular flexibility index (Phi) is 4.05. The second-order valence-corrected chi connectivity index (χ2v) is 4.89. The van der Waals surface area contributed by atoms with E-state index in [-0.39, 0.29) is 11.6 Å². The van der Waals surface area contributed by atoms with Crippen LogP contribution in [0.2, 0.25) is 0 Å². The minimum atomic E-state index is -0.425. The monoisotopic (exact) mass is 309 g/mol. The van der Waals surface area contributed by atoms with Gasteiger partial charge in [-0.15, -0.1) is 0 Å². The van der Waals surface area contributed by atoms with Gasteiger partial charge in [-0.2, -0.15) is 4.98 Å². The molecule has 1 aromatic carbocycles. The maximum atomic E-state index is 12.2. The number of hydrogen-bond acceptors (Lipinski definition) is 5. The minimum Gasteiger partial charge on any atom is -0.487 e. The van der Waals surface area contributed by atoms with Crippen LogP contribution in [0, 0.1) is 6.92 Å². The Morgan fingerprint density at radius 2 is 2.00 bits per heavy atom. The molecule has 0 atom stereocenters. The van der Waals surface area contributed by atoms with Gasteiger partial charge in [0.15, 0.2) is 5.82 Å². The van der Waals surface area contributed by atoms with Crippen LogP contribution >= 0.6 is 0 Å². The van der Waals surface area contributed by atoms with Gasteiger partial charge in [0.2, 0.25) is 5.75 Å².